The second-order valence-corrected chi connectivity index (χ2v) is 7.10. The molecule has 2 saturated heterocycles. The predicted molar refractivity (Wildman–Crippen MR) is 87.7 cm³/mol. The van der Waals surface area contributed by atoms with Gasteiger partial charge >= 0.3 is 0 Å². The molecule has 2 atom stereocenters. The van der Waals surface area contributed by atoms with Crippen molar-refractivity contribution >= 4 is 17.2 Å². The summed E-state index contributed by atoms with van der Waals surface area (Å²) in [5.74, 6) is 0.823. The minimum atomic E-state index is 0.147. The van der Waals surface area contributed by atoms with E-state index < -0.39 is 0 Å². The normalized spacial score (nSPS) is 26.3. The molecule has 120 valence electrons. The average molecular weight is 329 g/mol. The number of ether oxygens (including phenoxy) is 1. The zero-order chi connectivity index (χ0) is 15.8. The highest BCUT2D eigenvalue weighted by Crippen LogP contribution is 2.38. The summed E-state index contributed by atoms with van der Waals surface area (Å²) in [6.07, 6.45) is 5.80. The van der Waals surface area contributed by atoms with Gasteiger partial charge in [0.25, 0.3) is 5.91 Å². The van der Waals surface area contributed by atoms with Crippen LogP contribution in [0.2, 0.25) is 0 Å². The summed E-state index contributed by atoms with van der Waals surface area (Å²) in [5, 5.41) is 0. The Morgan fingerprint density at radius 2 is 2.04 bits per heavy atom. The number of thiazole rings is 1. The number of amides is 1. The molecule has 4 heterocycles. The Kier molecular flexibility index (Phi) is 3.77. The monoisotopic (exact) mass is 329 g/mol. The van der Waals surface area contributed by atoms with Gasteiger partial charge in [0.05, 0.1) is 11.2 Å². The van der Waals surface area contributed by atoms with Crippen LogP contribution in [0.5, 0.6) is 5.88 Å². The van der Waals surface area contributed by atoms with Crippen molar-refractivity contribution < 1.29 is 9.53 Å². The molecule has 2 unspecified atom stereocenters. The highest BCUT2D eigenvalue weighted by molar-refractivity contribution is 7.11. The zero-order valence-corrected chi connectivity index (χ0v) is 13.8. The van der Waals surface area contributed by atoms with Crippen molar-refractivity contribution in [1.29, 1.82) is 0 Å². The van der Waals surface area contributed by atoms with Gasteiger partial charge in [-0.25, -0.2) is 9.97 Å². The Morgan fingerprint density at radius 3 is 2.65 bits per heavy atom. The molecule has 2 aliphatic heterocycles. The summed E-state index contributed by atoms with van der Waals surface area (Å²) in [6, 6.07) is 6.25. The largest absolute Gasteiger partial charge is 0.474 e. The van der Waals surface area contributed by atoms with E-state index in [1.165, 1.54) is 11.3 Å². The molecule has 0 aromatic carbocycles. The van der Waals surface area contributed by atoms with E-state index in [1.807, 2.05) is 25.1 Å². The fourth-order valence-electron chi connectivity index (χ4n) is 3.77. The SMILES string of the molecule is Cc1ncsc1C(=O)N1C2CCC1CC(Oc1ccccn1)C2. The Morgan fingerprint density at radius 1 is 1.26 bits per heavy atom. The Balaban J connectivity index is 1.48. The van der Waals surface area contributed by atoms with Gasteiger partial charge in [-0.3, -0.25) is 4.79 Å². The lowest BCUT2D eigenvalue weighted by atomic mass is 9.99. The van der Waals surface area contributed by atoms with Crippen LogP contribution in [-0.4, -0.2) is 39.0 Å². The van der Waals surface area contributed by atoms with Crippen molar-refractivity contribution in [3.63, 3.8) is 0 Å². The highest BCUT2D eigenvalue weighted by atomic mass is 32.1. The predicted octanol–water partition coefficient (Wildman–Crippen LogP) is 3.06. The van der Waals surface area contributed by atoms with Gasteiger partial charge in [-0.05, 0) is 25.8 Å². The number of nitrogens with zero attached hydrogens (tertiary/aromatic N) is 3. The van der Waals surface area contributed by atoms with E-state index in [0.29, 0.717) is 5.88 Å². The maximum Gasteiger partial charge on any atom is 0.266 e. The van der Waals surface area contributed by atoms with Crippen LogP contribution in [-0.2, 0) is 0 Å². The van der Waals surface area contributed by atoms with Gasteiger partial charge in [0.15, 0.2) is 0 Å². The first kappa shape index (κ1) is 14.6. The maximum absolute atomic E-state index is 12.9. The molecule has 4 rings (SSSR count). The van der Waals surface area contributed by atoms with Gasteiger partial charge in [0.1, 0.15) is 11.0 Å². The quantitative estimate of drug-likeness (QED) is 0.868. The first-order valence-electron chi connectivity index (χ1n) is 8.03. The van der Waals surface area contributed by atoms with E-state index >= 15 is 0 Å². The summed E-state index contributed by atoms with van der Waals surface area (Å²) in [4.78, 5) is 24.2. The van der Waals surface area contributed by atoms with Crippen molar-refractivity contribution in [2.24, 2.45) is 0 Å². The van der Waals surface area contributed by atoms with Crippen molar-refractivity contribution in [2.45, 2.75) is 50.8 Å². The Bertz CT molecular complexity index is 689. The van der Waals surface area contributed by atoms with Crippen LogP contribution in [0.15, 0.2) is 29.9 Å². The van der Waals surface area contributed by atoms with Crippen LogP contribution in [0.1, 0.15) is 41.0 Å². The molecule has 2 aromatic rings. The minimum absolute atomic E-state index is 0.147. The van der Waals surface area contributed by atoms with Crippen LogP contribution < -0.4 is 4.74 Å². The first-order chi connectivity index (χ1) is 11.2. The molecule has 0 N–H and O–H groups in total. The third-order valence-corrected chi connectivity index (χ3v) is 5.71. The van der Waals surface area contributed by atoms with Crippen LogP contribution >= 0.6 is 11.3 Å². The molecule has 2 aromatic heterocycles. The Labute approximate surface area is 139 Å². The minimum Gasteiger partial charge on any atom is -0.474 e. The van der Waals surface area contributed by atoms with Crippen molar-refractivity contribution in [3.8, 4) is 5.88 Å². The van der Waals surface area contributed by atoms with Gasteiger partial charge in [-0.15, -0.1) is 11.3 Å². The van der Waals surface area contributed by atoms with Crippen LogP contribution in [0, 0.1) is 6.92 Å². The fourth-order valence-corrected chi connectivity index (χ4v) is 4.51. The van der Waals surface area contributed by atoms with E-state index in [1.54, 1.807) is 11.7 Å². The molecular weight excluding hydrogens is 310 g/mol. The van der Waals surface area contributed by atoms with Crippen molar-refractivity contribution in [1.82, 2.24) is 14.9 Å². The number of aromatic nitrogens is 2. The lowest BCUT2D eigenvalue weighted by molar-refractivity contribution is 0.0351. The summed E-state index contributed by atoms with van der Waals surface area (Å²) in [5.41, 5.74) is 2.59. The summed E-state index contributed by atoms with van der Waals surface area (Å²) >= 11 is 1.44. The number of pyridine rings is 1. The van der Waals surface area contributed by atoms with Gasteiger partial charge in [-0.2, -0.15) is 0 Å². The van der Waals surface area contributed by atoms with Crippen LogP contribution in [0.3, 0.4) is 0 Å². The molecule has 1 amide bonds. The molecule has 6 heteroatoms. The molecular formula is C17H19N3O2S. The zero-order valence-electron chi connectivity index (χ0n) is 13.0. The second kappa shape index (κ2) is 5.92. The second-order valence-electron chi connectivity index (χ2n) is 6.24. The number of carbonyl (C=O) groups is 1. The van der Waals surface area contributed by atoms with E-state index in [-0.39, 0.29) is 24.1 Å². The van der Waals surface area contributed by atoms with Gasteiger partial charge < -0.3 is 9.64 Å². The average Bonchev–Trinajstić information content (AvgIpc) is 3.09. The van der Waals surface area contributed by atoms with E-state index in [0.717, 1.165) is 36.3 Å². The molecule has 0 saturated carbocycles. The topological polar surface area (TPSA) is 55.3 Å². The van der Waals surface area contributed by atoms with Gasteiger partial charge in [-0.1, -0.05) is 6.07 Å². The smallest absolute Gasteiger partial charge is 0.266 e. The van der Waals surface area contributed by atoms with Crippen LogP contribution in [0.4, 0.5) is 0 Å². The molecule has 2 bridgehead atoms. The van der Waals surface area contributed by atoms with Crippen molar-refractivity contribution in [3.05, 3.63) is 40.5 Å². The molecule has 0 aliphatic carbocycles. The lowest BCUT2D eigenvalue weighted by Crippen LogP contribution is -2.49. The van der Waals surface area contributed by atoms with E-state index in [4.69, 9.17) is 4.74 Å². The van der Waals surface area contributed by atoms with Gasteiger partial charge in [0, 0.05) is 37.2 Å². The number of rotatable bonds is 3. The number of aryl methyl sites for hydroxylation is 1. The number of hydrogen-bond donors (Lipinski definition) is 0. The van der Waals surface area contributed by atoms with Gasteiger partial charge in [0.2, 0.25) is 5.88 Å². The number of fused-ring (bicyclic) bond motifs is 2. The third-order valence-electron chi connectivity index (χ3n) is 4.79. The third kappa shape index (κ3) is 2.72. The molecule has 5 nitrogen and oxygen atoms in total. The molecule has 2 aliphatic rings. The van der Waals surface area contributed by atoms with Crippen LogP contribution in [0.25, 0.3) is 0 Å². The molecule has 0 spiro atoms. The standard InChI is InChI=1S/C17H19N3O2S/c1-11-16(23-10-19-11)17(21)20-12-5-6-13(20)9-14(8-12)22-15-4-2-3-7-18-15/h2-4,7,10,12-14H,5-6,8-9H2,1H3. The first-order valence-corrected chi connectivity index (χ1v) is 8.91. The number of hydrogen-bond acceptors (Lipinski definition) is 5. The van der Waals surface area contributed by atoms with E-state index in [2.05, 4.69) is 14.9 Å². The van der Waals surface area contributed by atoms with Crippen molar-refractivity contribution in [2.75, 3.05) is 0 Å². The summed E-state index contributed by atoms with van der Waals surface area (Å²) in [6.45, 7) is 1.91. The Hall–Kier alpha value is -1.95. The summed E-state index contributed by atoms with van der Waals surface area (Å²) < 4.78 is 6.02. The number of piperidine rings is 1. The highest BCUT2D eigenvalue weighted by Gasteiger charge is 2.44. The summed E-state index contributed by atoms with van der Waals surface area (Å²) in [7, 11) is 0. The molecule has 0 radical (unpaired) electrons. The molecule has 23 heavy (non-hydrogen) atoms. The van der Waals surface area contributed by atoms with E-state index in [9.17, 15) is 4.79 Å². The fraction of sp³-hybridized carbons (Fsp3) is 0.471. The lowest BCUT2D eigenvalue weighted by Gasteiger charge is -2.38. The number of carbonyl (C=O) groups excluding carboxylic acids is 1. The molecule has 2 fully saturated rings. The maximum atomic E-state index is 12.9.